The second-order valence-electron chi connectivity index (χ2n) is 4.36. The molecule has 0 aromatic heterocycles. The number of rotatable bonds is 2. The molecule has 0 N–H and O–H groups in total. The topological polar surface area (TPSA) is 0 Å². The van der Waals surface area contributed by atoms with Crippen molar-refractivity contribution in [3.8, 4) is 0 Å². The van der Waals surface area contributed by atoms with Gasteiger partial charge in [-0.15, -0.1) is 0 Å². The lowest BCUT2D eigenvalue weighted by atomic mass is 10.1. The Bertz CT molecular complexity index is 328. The van der Waals surface area contributed by atoms with Gasteiger partial charge in [-0.05, 0) is 48.6 Å². The second kappa shape index (κ2) is 2.84. The summed E-state index contributed by atoms with van der Waals surface area (Å²) in [7, 11) is 0. The third-order valence-corrected chi connectivity index (χ3v) is 4.09. The summed E-state index contributed by atoms with van der Waals surface area (Å²) in [4.78, 5) is 0. The van der Waals surface area contributed by atoms with E-state index < -0.39 is 0 Å². The van der Waals surface area contributed by atoms with E-state index in [0.29, 0.717) is 0 Å². The van der Waals surface area contributed by atoms with E-state index in [0.717, 1.165) is 17.8 Å². The molecule has 1 heteroatoms. The van der Waals surface area contributed by atoms with Crippen molar-refractivity contribution in [1.82, 2.24) is 0 Å². The van der Waals surface area contributed by atoms with Crippen LogP contribution in [0.25, 0.3) is 0 Å². The molecular weight excluding hydrogens is 224 g/mol. The SMILES string of the molecule is Brc1ccccc1[C@H]1C[C@@H]1C1CC1. The maximum atomic E-state index is 3.63. The van der Waals surface area contributed by atoms with Gasteiger partial charge in [0.05, 0.1) is 0 Å². The van der Waals surface area contributed by atoms with E-state index in [1.165, 1.54) is 23.7 Å². The Morgan fingerprint density at radius 3 is 2.62 bits per heavy atom. The highest BCUT2D eigenvalue weighted by Gasteiger charge is 2.48. The summed E-state index contributed by atoms with van der Waals surface area (Å²) in [5, 5.41) is 0. The van der Waals surface area contributed by atoms with Crippen molar-refractivity contribution in [2.24, 2.45) is 11.8 Å². The Morgan fingerprint density at radius 1 is 1.15 bits per heavy atom. The molecular formula is C12H13Br. The normalized spacial score (nSPS) is 31.8. The van der Waals surface area contributed by atoms with Gasteiger partial charge in [0.25, 0.3) is 0 Å². The Balaban J connectivity index is 1.82. The number of hydrogen-bond acceptors (Lipinski definition) is 0. The van der Waals surface area contributed by atoms with Gasteiger partial charge < -0.3 is 0 Å². The van der Waals surface area contributed by atoms with E-state index in [4.69, 9.17) is 0 Å². The first-order valence-corrected chi connectivity index (χ1v) is 5.90. The lowest BCUT2D eigenvalue weighted by Crippen LogP contribution is -1.86. The molecule has 0 bridgehead atoms. The van der Waals surface area contributed by atoms with Crippen LogP contribution in [0.3, 0.4) is 0 Å². The maximum Gasteiger partial charge on any atom is 0.0210 e. The summed E-state index contributed by atoms with van der Waals surface area (Å²) in [6.07, 6.45) is 4.42. The summed E-state index contributed by atoms with van der Waals surface area (Å²) in [5.74, 6) is 2.99. The lowest BCUT2D eigenvalue weighted by Gasteiger charge is -2.01. The van der Waals surface area contributed by atoms with E-state index in [-0.39, 0.29) is 0 Å². The molecule has 2 fully saturated rings. The minimum absolute atomic E-state index is 0.878. The van der Waals surface area contributed by atoms with Crippen molar-refractivity contribution in [1.29, 1.82) is 0 Å². The van der Waals surface area contributed by atoms with Crippen LogP contribution in [0.1, 0.15) is 30.7 Å². The van der Waals surface area contributed by atoms with E-state index >= 15 is 0 Å². The van der Waals surface area contributed by atoms with Gasteiger partial charge >= 0.3 is 0 Å². The molecule has 0 radical (unpaired) electrons. The summed E-state index contributed by atoms with van der Waals surface area (Å²) < 4.78 is 1.31. The zero-order valence-electron chi connectivity index (χ0n) is 7.54. The van der Waals surface area contributed by atoms with Crippen molar-refractivity contribution < 1.29 is 0 Å². The molecule has 1 aromatic rings. The first kappa shape index (κ1) is 8.05. The van der Waals surface area contributed by atoms with Crippen molar-refractivity contribution in [2.45, 2.75) is 25.2 Å². The monoisotopic (exact) mass is 236 g/mol. The fourth-order valence-electron chi connectivity index (χ4n) is 2.39. The molecule has 13 heavy (non-hydrogen) atoms. The summed E-state index contributed by atoms with van der Waals surface area (Å²) in [6, 6.07) is 8.69. The first-order chi connectivity index (χ1) is 6.36. The molecule has 0 heterocycles. The number of halogens is 1. The molecule has 0 spiro atoms. The maximum absolute atomic E-state index is 3.63. The van der Waals surface area contributed by atoms with Gasteiger partial charge in [-0.25, -0.2) is 0 Å². The van der Waals surface area contributed by atoms with Crippen LogP contribution in [0.15, 0.2) is 28.7 Å². The van der Waals surface area contributed by atoms with Gasteiger partial charge in [-0.2, -0.15) is 0 Å². The highest BCUT2D eigenvalue weighted by atomic mass is 79.9. The second-order valence-corrected chi connectivity index (χ2v) is 5.22. The predicted molar refractivity (Wildman–Crippen MR) is 57.7 cm³/mol. The molecule has 1 aromatic carbocycles. The van der Waals surface area contributed by atoms with E-state index in [9.17, 15) is 0 Å². The summed E-state index contributed by atoms with van der Waals surface area (Å²) in [6.45, 7) is 0. The van der Waals surface area contributed by atoms with Crippen molar-refractivity contribution in [2.75, 3.05) is 0 Å². The molecule has 68 valence electrons. The molecule has 0 amide bonds. The lowest BCUT2D eigenvalue weighted by molar-refractivity contribution is 0.689. The van der Waals surface area contributed by atoms with Crippen LogP contribution in [0, 0.1) is 11.8 Å². The van der Waals surface area contributed by atoms with Crippen LogP contribution in [0.4, 0.5) is 0 Å². The smallest absolute Gasteiger partial charge is 0.0210 e. The standard InChI is InChI=1S/C12H13Br/c13-12-4-2-1-3-9(12)11-7-10(11)8-5-6-8/h1-4,8,10-11H,5-7H2/t10-,11-/m1/s1. The average molecular weight is 237 g/mol. The fraction of sp³-hybridized carbons (Fsp3) is 0.500. The van der Waals surface area contributed by atoms with E-state index in [2.05, 4.69) is 40.2 Å². The van der Waals surface area contributed by atoms with Gasteiger partial charge in [-0.3, -0.25) is 0 Å². The van der Waals surface area contributed by atoms with Gasteiger partial charge in [-0.1, -0.05) is 34.1 Å². The Morgan fingerprint density at radius 2 is 1.92 bits per heavy atom. The quantitative estimate of drug-likeness (QED) is 0.730. The molecule has 0 aliphatic heterocycles. The molecule has 2 aliphatic carbocycles. The highest BCUT2D eigenvalue weighted by Crippen LogP contribution is 2.60. The highest BCUT2D eigenvalue weighted by molar-refractivity contribution is 9.10. The van der Waals surface area contributed by atoms with Crippen LogP contribution < -0.4 is 0 Å². The van der Waals surface area contributed by atoms with Crippen LogP contribution in [0.2, 0.25) is 0 Å². The minimum atomic E-state index is 0.878. The van der Waals surface area contributed by atoms with Crippen LogP contribution in [-0.2, 0) is 0 Å². The molecule has 2 atom stereocenters. The number of hydrogen-bond donors (Lipinski definition) is 0. The average Bonchev–Trinajstić information content (AvgIpc) is 3.00. The largest absolute Gasteiger partial charge is 0.0619 e. The van der Waals surface area contributed by atoms with Gasteiger partial charge in [0.1, 0.15) is 0 Å². The van der Waals surface area contributed by atoms with Crippen molar-refractivity contribution in [3.63, 3.8) is 0 Å². The van der Waals surface area contributed by atoms with Gasteiger partial charge in [0.15, 0.2) is 0 Å². The first-order valence-electron chi connectivity index (χ1n) is 5.10. The van der Waals surface area contributed by atoms with E-state index in [1.807, 2.05) is 0 Å². The number of benzene rings is 1. The molecule has 3 rings (SSSR count). The van der Waals surface area contributed by atoms with Gasteiger partial charge in [0, 0.05) is 4.47 Å². The molecule has 2 aliphatic rings. The zero-order chi connectivity index (χ0) is 8.84. The molecule has 2 saturated carbocycles. The Labute approximate surface area is 87.5 Å². The fourth-order valence-corrected chi connectivity index (χ4v) is 2.97. The predicted octanol–water partition coefficient (Wildman–Crippen LogP) is 3.96. The third kappa shape index (κ3) is 1.43. The zero-order valence-corrected chi connectivity index (χ0v) is 9.13. The third-order valence-electron chi connectivity index (χ3n) is 3.37. The van der Waals surface area contributed by atoms with Crippen LogP contribution in [-0.4, -0.2) is 0 Å². The summed E-state index contributed by atoms with van der Waals surface area (Å²) >= 11 is 3.63. The summed E-state index contributed by atoms with van der Waals surface area (Å²) in [5.41, 5.74) is 1.54. The van der Waals surface area contributed by atoms with Crippen LogP contribution in [0.5, 0.6) is 0 Å². The Hall–Kier alpha value is -0.300. The Kier molecular flexibility index (Phi) is 1.76. The van der Waals surface area contributed by atoms with E-state index in [1.54, 1.807) is 5.56 Å². The van der Waals surface area contributed by atoms with Gasteiger partial charge in [0.2, 0.25) is 0 Å². The van der Waals surface area contributed by atoms with Crippen molar-refractivity contribution >= 4 is 15.9 Å². The molecule has 0 saturated heterocycles. The molecule has 0 nitrogen and oxygen atoms in total. The van der Waals surface area contributed by atoms with Crippen molar-refractivity contribution in [3.05, 3.63) is 34.3 Å². The minimum Gasteiger partial charge on any atom is -0.0619 e. The molecule has 0 unspecified atom stereocenters. The van der Waals surface area contributed by atoms with Crippen LogP contribution >= 0.6 is 15.9 Å².